The third-order valence-corrected chi connectivity index (χ3v) is 2.45. The van der Waals surface area contributed by atoms with Gasteiger partial charge in [0.2, 0.25) is 8.32 Å². The minimum absolute atomic E-state index is 0.426. The first-order valence-corrected chi connectivity index (χ1v) is 7.95. The highest BCUT2D eigenvalue weighted by atomic mass is 28.4. The second-order valence-electron chi connectivity index (χ2n) is 4.13. The van der Waals surface area contributed by atoms with E-state index in [1.165, 1.54) is 0 Å². The van der Waals surface area contributed by atoms with Crippen LogP contribution in [-0.4, -0.2) is 25.5 Å². The lowest BCUT2D eigenvalue weighted by atomic mass is 9.80. The normalized spacial score (nSPS) is 11.2. The van der Waals surface area contributed by atoms with Crippen molar-refractivity contribution in [2.75, 3.05) is 0 Å². The monoisotopic (exact) mass is 210 g/mol. The van der Waals surface area contributed by atoms with Crippen LogP contribution in [0.3, 0.4) is 0 Å². The zero-order chi connectivity index (χ0) is 10.8. The van der Waals surface area contributed by atoms with E-state index in [4.69, 9.17) is 14.5 Å². The molecule has 5 heteroatoms. The number of hydrogen-bond acceptors (Lipinski definition) is 3. The predicted molar refractivity (Wildman–Crippen MR) is 60.2 cm³/mol. The van der Waals surface area contributed by atoms with E-state index in [1.807, 2.05) is 25.7 Å². The summed E-state index contributed by atoms with van der Waals surface area (Å²) < 4.78 is 5.71. The fraction of sp³-hybridized carbons (Fsp3) is 0.333. The Bertz CT molecular complexity index is 309. The molecular formula is C9H15BO3Si. The van der Waals surface area contributed by atoms with Crippen molar-refractivity contribution in [2.45, 2.75) is 19.6 Å². The maximum Gasteiger partial charge on any atom is 0.492 e. The lowest BCUT2D eigenvalue weighted by molar-refractivity contribution is 0.423. The summed E-state index contributed by atoms with van der Waals surface area (Å²) in [4.78, 5) is 0. The quantitative estimate of drug-likeness (QED) is 0.717. The van der Waals surface area contributed by atoms with E-state index in [0.717, 1.165) is 0 Å². The molecule has 0 fully saturated rings. The van der Waals surface area contributed by atoms with Crippen molar-refractivity contribution in [1.82, 2.24) is 0 Å². The number of benzene rings is 1. The molecule has 0 saturated carbocycles. The SMILES string of the molecule is C[Si](C)(C)Oc1ccccc1B(O)O. The average Bonchev–Trinajstić information content (AvgIpc) is 2.01. The van der Waals surface area contributed by atoms with Gasteiger partial charge < -0.3 is 14.5 Å². The smallest absolute Gasteiger partial charge is 0.492 e. The molecule has 1 rings (SSSR count). The van der Waals surface area contributed by atoms with Crippen LogP contribution < -0.4 is 9.89 Å². The van der Waals surface area contributed by atoms with Gasteiger partial charge in [-0.15, -0.1) is 0 Å². The molecule has 3 nitrogen and oxygen atoms in total. The molecule has 2 N–H and O–H groups in total. The van der Waals surface area contributed by atoms with Crippen molar-refractivity contribution in [3.05, 3.63) is 24.3 Å². The van der Waals surface area contributed by atoms with Gasteiger partial charge >= 0.3 is 7.12 Å². The minimum Gasteiger partial charge on any atom is -0.545 e. The summed E-state index contributed by atoms with van der Waals surface area (Å²) in [7, 11) is -3.17. The van der Waals surface area contributed by atoms with E-state index in [1.54, 1.807) is 18.2 Å². The topological polar surface area (TPSA) is 49.7 Å². The summed E-state index contributed by atoms with van der Waals surface area (Å²) in [6.07, 6.45) is 0. The van der Waals surface area contributed by atoms with Gasteiger partial charge in [0.05, 0.1) is 0 Å². The molecule has 0 aliphatic rings. The largest absolute Gasteiger partial charge is 0.545 e. The number of rotatable bonds is 3. The van der Waals surface area contributed by atoms with Gasteiger partial charge in [0.15, 0.2) is 0 Å². The van der Waals surface area contributed by atoms with Gasteiger partial charge in [-0.3, -0.25) is 0 Å². The molecule has 0 aromatic heterocycles. The van der Waals surface area contributed by atoms with Gasteiger partial charge in [-0.2, -0.15) is 0 Å². The summed E-state index contributed by atoms with van der Waals surface area (Å²) in [6, 6.07) is 6.99. The summed E-state index contributed by atoms with van der Waals surface area (Å²) >= 11 is 0. The Morgan fingerprint density at radius 3 is 2.21 bits per heavy atom. The standard InChI is InChI=1S/C9H15BO3Si/c1-14(2,3)13-9-7-5-4-6-8(9)10(11)12/h4-7,11-12H,1-3H3. The first kappa shape index (κ1) is 11.3. The Morgan fingerprint density at radius 2 is 1.71 bits per heavy atom. The highest BCUT2D eigenvalue weighted by molar-refractivity contribution is 6.71. The summed E-state index contributed by atoms with van der Waals surface area (Å²) in [6.45, 7) is 6.15. The molecule has 1 aromatic rings. The molecule has 1 aromatic carbocycles. The van der Waals surface area contributed by atoms with Crippen LogP contribution >= 0.6 is 0 Å². The van der Waals surface area contributed by atoms with Crippen LogP contribution in [0.4, 0.5) is 0 Å². The lowest BCUT2D eigenvalue weighted by Crippen LogP contribution is -2.37. The van der Waals surface area contributed by atoms with Crippen LogP contribution in [0.2, 0.25) is 19.6 Å². The molecule has 0 bridgehead atoms. The molecule has 76 valence electrons. The average molecular weight is 210 g/mol. The van der Waals surface area contributed by atoms with E-state index >= 15 is 0 Å². The third-order valence-electron chi connectivity index (χ3n) is 1.61. The number of para-hydroxylation sites is 1. The zero-order valence-electron chi connectivity index (χ0n) is 8.69. The molecule has 0 aliphatic carbocycles. The Labute approximate surface area is 85.6 Å². The van der Waals surface area contributed by atoms with Crippen LogP contribution in [0, 0.1) is 0 Å². The molecular weight excluding hydrogens is 195 g/mol. The maximum atomic E-state index is 9.09. The first-order valence-electron chi connectivity index (χ1n) is 4.54. The van der Waals surface area contributed by atoms with Crippen molar-refractivity contribution >= 4 is 20.9 Å². The van der Waals surface area contributed by atoms with Gasteiger partial charge in [0.25, 0.3) is 0 Å². The van der Waals surface area contributed by atoms with E-state index in [2.05, 4.69) is 0 Å². The van der Waals surface area contributed by atoms with Crippen molar-refractivity contribution < 1.29 is 14.5 Å². The van der Waals surface area contributed by atoms with Crippen LogP contribution in [-0.2, 0) is 0 Å². The Balaban J connectivity index is 2.96. The van der Waals surface area contributed by atoms with E-state index in [9.17, 15) is 0 Å². The van der Waals surface area contributed by atoms with Crippen LogP contribution in [0.5, 0.6) is 5.75 Å². The molecule has 0 saturated heterocycles. The Kier molecular flexibility index (Phi) is 3.36. The molecule has 0 radical (unpaired) electrons. The fourth-order valence-electron chi connectivity index (χ4n) is 1.12. The zero-order valence-corrected chi connectivity index (χ0v) is 9.69. The Hall–Kier alpha value is -0.778. The van der Waals surface area contributed by atoms with Crippen molar-refractivity contribution in [1.29, 1.82) is 0 Å². The van der Waals surface area contributed by atoms with E-state index in [0.29, 0.717) is 11.2 Å². The van der Waals surface area contributed by atoms with Gasteiger partial charge in [-0.05, 0) is 25.7 Å². The van der Waals surface area contributed by atoms with Gasteiger partial charge in [-0.25, -0.2) is 0 Å². The second kappa shape index (κ2) is 4.17. The van der Waals surface area contributed by atoms with Gasteiger partial charge in [0, 0.05) is 5.46 Å². The lowest BCUT2D eigenvalue weighted by Gasteiger charge is -2.21. The van der Waals surface area contributed by atoms with Crippen molar-refractivity contribution in [3.63, 3.8) is 0 Å². The highest BCUT2D eigenvalue weighted by Crippen LogP contribution is 2.13. The molecule has 0 heterocycles. The predicted octanol–water partition coefficient (Wildman–Crippen LogP) is 0.580. The van der Waals surface area contributed by atoms with Crippen LogP contribution in [0.15, 0.2) is 24.3 Å². The molecule has 0 atom stereocenters. The first-order chi connectivity index (χ1) is 6.40. The van der Waals surface area contributed by atoms with Crippen LogP contribution in [0.25, 0.3) is 0 Å². The van der Waals surface area contributed by atoms with Crippen molar-refractivity contribution in [3.8, 4) is 5.75 Å². The van der Waals surface area contributed by atoms with Crippen molar-refractivity contribution in [2.24, 2.45) is 0 Å². The fourth-order valence-corrected chi connectivity index (χ4v) is 1.96. The third kappa shape index (κ3) is 3.17. The highest BCUT2D eigenvalue weighted by Gasteiger charge is 2.22. The molecule has 14 heavy (non-hydrogen) atoms. The van der Waals surface area contributed by atoms with E-state index in [-0.39, 0.29) is 0 Å². The minimum atomic E-state index is -1.70. The summed E-state index contributed by atoms with van der Waals surface area (Å²) in [5, 5.41) is 18.2. The van der Waals surface area contributed by atoms with Crippen LogP contribution in [0.1, 0.15) is 0 Å². The summed E-state index contributed by atoms with van der Waals surface area (Å²) in [5.41, 5.74) is 0.426. The van der Waals surface area contributed by atoms with E-state index < -0.39 is 15.4 Å². The molecule has 0 aliphatic heterocycles. The number of hydrogen-bond donors (Lipinski definition) is 2. The molecule has 0 amide bonds. The summed E-state index contributed by atoms with van der Waals surface area (Å²) in [5.74, 6) is 0.571. The molecule has 0 spiro atoms. The van der Waals surface area contributed by atoms with Gasteiger partial charge in [-0.1, -0.05) is 18.2 Å². The maximum absolute atomic E-state index is 9.09. The second-order valence-corrected chi connectivity index (χ2v) is 8.55. The molecule has 0 unspecified atom stereocenters. The Morgan fingerprint density at radius 1 is 1.14 bits per heavy atom. The van der Waals surface area contributed by atoms with Gasteiger partial charge in [0.1, 0.15) is 5.75 Å².